The van der Waals surface area contributed by atoms with Crippen molar-refractivity contribution in [1.82, 2.24) is 0 Å². The van der Waals surface area contributed by atoms with E-state index in [2.05, 4.69) is 0 Å². The molecule has 0 saturated carbocycles. The molecule has 6 heteroatoms. The maximum Gasteiger partial charge on any atom is 0.293 e. The molecule has 0 spiro atoms. The van der Waals surface area contributed by atoms with E-state index in [1.165, 1.54) is 6.07 Å². The van der Waals surface area contributed by atoms with Crippen LogP contribution in [0.5, 0.6) is 0 Å². The minimum Gasteiger partial charge on any atom is -0.393 e. The van der Waals surface area contributed by atoms with Gasteiger partial charge in [0.05, 0.1) is 4.92 Å². The summed E-state index contributed by atoms with van der Waals surface area (Å²) in [4.78, 5) is 10.5. The normalized spacial score (nSPS) is 12.2. The fourth-order valence-corrected chi connectivity index (χ4v) is 2.41. The van der Waals surface area contributed by atoms with E-state index in [1.807, 2.05) is 19.1 Å². The summed E-state index contributed by atoms with van der Waals surface area (Å²) >= 11 is 11.8. The highest BCUT2D eigenvalue weighted by Crippen LogP contribution is 2.36. The first-order chi connectivity index (χ1) is 9.40. The van der Waals surface area contributed by atoms with Gasteiger partial charge in [0.1, 0.15) is 5.69 Å². The van der Waals surface area contributed by atoms with Gasteiger partial charge in [-0.05, 0) is 29.3 Å². The van der Waals surface area contributed by atoms with E-state index in [4.69, 9.17) is 28.9 Å². The summed E-state index contributed by atoms with van der Waals surface area (Å²) in [5.41, 5.74) is 7.45. The zero-order valence-corrected chi connectivity index (χ0v) is 12.2. The second-order valence-electron chi connectivity index (χ2n) is 4.46. The lowest BCUT2D eigenvalue weighted by Crippen LogP contribution is -2.04. The van der Waals surface area contributed by atoms with Crippen molar-refractivity contribution in [1.29, 1.82) is 0 Å². The summed E-state index contributed by atoms with van der Waals surface area (Å²) < 4.78 is 0. The van der Waals surface area contributed by atoms with Crippen LogP contribution in [-0.2, 0) is 0 Å². The van der Waals surface area contributed by atoms with Crippen LogP contribution in [0.2, 0.25) is 10.0 Å². The van der Waals surface area contributed by atoms with E-state index >= 15 is 0 Å². The minimum absolute atomic E-state index is 0.121. The lowest BCUT2D eigenvalue weighted by atomic mass is 9.91. The van der Waals surface area contributed by atoms with Crippen LogP contribution >= 0.6 is 23.2 Å². The molecule has 2 aromatic carbocycles. The number of nitro groups is 1. The van der Waals surface area contributed by atoms with Gasteiger partial charge in [-0.15, -0.1) is 0 Å². The van der Waals surface area contributed by atoms with Gasteiger partial charge in [-0.2, -0.15) is 0 Å². The molecule has 0 aliphatic heterocycles. The summed E-state index contributed by atoms with van der Waals surface area (Å²) in [5, 5.41) is 11.9. The van der Waals surface area contributed by atoms with Gasteiger partial charge in [-0.1, -0.05) is 42.3 Å². The third kappa shape index (κ3) is 2.86. The van der Waals surface area contributed by atoms with Crippen molar-refractivity contribution in [2.75, 3.05) is 5.73 Å². The quantitative estimate of drug-likeness (QED) is 0.510. The van der Waals surface area contributed by atoms with Gasteiger partial charge in [0.25, 0.3) is 5.69 Å². The average molecular weight is 311 g/mol. The third-order valence-corrected chi connectivity index (χ3v) is 3.66. The Morgan fingerprint density at radius 2 is 1.75 bits per heavy atom. The van der Waals surface area contributed by atoms with Gasteiger partial charge in [0.15, 0.2) is 0 Å². The first kappa shape index (κ1) is 14.6. The molecule has 0 bridgehead atoms. The topological polar surface area (TPSA) is 69.2 Å². The molecule has 0 aliphatic rings. The number of nitrogens with zero attached hydrogens (tertiary/aromatic N) is 1. The van der Waals surface area contributed by atoms with E-state index in [0.29, 0.717) is 15.6 Å². The number of hydrogen-bond acceptors (Lipinski definition) is 3. The van der Waals surface area contributed by atoms with Crippen LogP contribution in [0.1, 0.15) is 24.0 Å². The number of nitro benzene ring substituents is 1. The number of benzene rings is 2. The monoisotopic (exact) mass is 310 g/mol. The lowest BCUT2D eigenvalue weighted by molar-refractivity contribution is -0.383. The van der Waals surface area contributed by atoms with Crippen LogP contribution in [0, 0.1) is 10.1 Å². The van der Waals surface area contributed by atoms with Crippen LogP contribution in [0.15, 0.2) is 36.4 Å². The summed E-state index contributed by atoms with van der Waals surface area (Å²) in [6.07, 6.45) is 0. The van der Waals surface area contributed by atoms with E-state index in [9.17, 15) is 10.1 Å². The van der Waals surface area contributed by atoms with Crippen LogP contribution in [0.25, 0.3) is 0 Å². The molecular weight excluding hydrogens is 299 g/mol. The van der Waals surface area contributed by atoms with Gasteiger partial charge >= 0.3 is 0 Å². The van der Waals surface area contributed by atoms with E-state index in [0.717, 1.165) is 5.56 Å². The van der Waals surface area contributed by atoms with Gasteiger partial charge in [0, 0.05) is 22.0 Å². The molecule has 1 atom stereocenters. The van der Waals surface area contributed by atoms with Crippen molar-refractivity contribution < 1.29 is 4.92 Å². The molecule has 0 aromatic heterocycles. The predicted octanol–water partition coefficient (Wildman–Crippen LogP) is 4.64. The average Bonchev–Trinajstić information content (AvgIpc) is 2.41. The van der Waals surface area contributed by atoms with Crippen LogP contribution in [0.4, 0.5) is 11.4 Å². The molecule has 4 nitrogen and oxygen atoms in total. The third-order valence-electron chi connectivity index (χ3n) is 3.19. The molecule has 104 valence electrons. The fourth-order valence-electron chi connectivity index (χ4n) is 2.06. The second kappa shape index (κ2) is 5.69. The van der Waals surface area contributed by atoms with Crippen LogP contribution in [-0.4, -0.2) is 4.92 Å². The molecular formula is C14H12Cl2N2O2. The van der Waals surface area contributed by atoms with Crippen molar-refractivity contribution in [3.05, 3.63) is 67.7 Å². The Labute approximate surface area is 126 Å². The fraction of sp³-hybridized carbons (Fsp3) is 0.143. The molecule has 2 aromatic rings. The smallest absolute Gasteiger partial charge is 0.293 e. The van der Waals surface area contributed by atoms with Gasteiger partial charge in [0.2, 0.25) is 0 Å². The Morgan fingerprint density at radius 3 is 2.30 bits per heavy atom. The Bertz CT molecular complexity index is 657. The van der Waals surface area contributed by atoms with Gasteiger partial charge < -0.3 is 5.73 Å². The number of anilines is 1. The molecule has 0 amide bonds. The van der Waals surface area contributed by atoms with Gasteiger partial charge in [-0.25, -0.2) is 0 Å². The zero-order chi connectivity index (χ0) is 14.9. The van der Waals surface area contributed by atoms with Crippen LogP contribution < -0.4 is 5.73 Å². The van der Waals surface area contributed by atoms with Crippen molar-refractivity contribution in [2.45, 2.75) is 12.8 Å². The number of rotatable bonds is 3. The molecule has 0 radical (unpaired) electrons. The van der Waals surface area contributed by atoms with Crippen LogP contribution in [0.3, 0.4) is 0 Å². The number of hydrogen-bond donors (Lipinski definition) is 1. The molecule has 2 rings (SSSR count). The van der Waals surface area contributed by atoms with Crippen molar-refractivity contribution >= 4 is 34.6 Å². The Morgan fingerprint density at radius 1 is 1.15 bits per heavy atom. The van der Waals surface area contributed by atoms with Crippen molar-refractivity contribution in [3.8, 4) is 0 Å². The largest absolute Gasteiger partial charge is 0.393 e. The van der Waals surface area contributed by atoms with Crippen molar-refractivity contribution in [3.63, 3.8) is 0 Å². The highest BCUT2D eigenvalue weighted by Gasteiger charge is 2.21. The maximum atomic E-state index is 11.0. The summed E-state index contributed by atoms with van der Waals surface area (Å²) in [6, 6.07) is 10.2. The second-order valence-corrected chi connectivity index (χ2v) is 5.33. The SMILES string of the molecule is CC(c1ccc(Cl)cc1)c1cc(Cl)cc([N+](=O)[O-])c1N. The molecule has 0 saturated heterocycles. The van der Waals surface area contributed by atoms with E-state index < -0.39 is 4.92 Å². The molecule has 0 heterocycles. The lowest BCUT2D eigenvalue weighted by Gasteiger charge is -2.15. The minimum atomic E-state index is -0.528. The number of nitrogens with two attached hydrogens (primary N) is 1. The van der Waals surface area contributed by atoms with E-state index in [1.54, 1.807) is 18.2 Å². The van der Waals surface area contributed by atoms with E-state index in [-0.39, 0.29) is 17.3 Å². The molecule has 20 heavy (non-hydrogen) atoms. The van der Waals surface area contributed by atoms with Crippen molar-refractivity contribution in [2.24, 2.45) is 0 Å². The van der Waals surface area contributed by atoms with Gasteiger partial charge in [-0.3, -0.25) is 10.1 Å². The first-order valence-corrected chi connectivity index (χ1v) is 6.64. The number of halogens is 2. The summed E-state index contributed by atoms with van der Waals surface area (Å²) in [6.45, 7) is 1.91. The molecule has 0 fully saturated rings. The highest BCUT2D eigenvalue weighted by atomic mass is 35.5. The standard InChI is InChI=1S/C14H12Cl2N2O2/c1-8(9-2-4-10(15)5-3-9)12-6-11(16)7-13(14(12)17)18(19)20/h2-8H,17H2,1H3. The predicted molar refractivity (Wildman–Crippen MR) is 81.5 cm³/mol. The Kier molecular flexibility index (Phi) is 4.16. The number of nitrogen functional groups attached to an aromatic ring is 1. The summed E-state index contributed by atoms with van der Waals surface area (Å²) in [5.74, 6) is -0.121. The summed E-state index contributed by atoms with van der Waals surface area (Å²) in [7, 11) is 0. The Hall–Kier alpha value is -1.78. The highest BCUT2D eigenvalue weighted by molar-refractivity contribution is 6.31. The maximum absolute atomic E-state index is 11.0. The zero-order valence-electron chi connectivity index (χ0n) is 10.6. The first-order valence-electron chi connectivity index (χ1n) is 5.89. The molecule has 1 unspecified atom stereocenters. The molecule has 0 aliphatic carbocycles. The molecule has 2 N–H and O–H groups in total. The Balaban J connectivity index is 2.51.